The van der Waals surface area contributed by atoms with Gasteiger partial charge in [0, 0.05) is 0 Å². The lowest BCUT2D eigenvalue weighted by Gasteiger charge is -2.09. The van der Waals surface area contributed by atoms with Crippen LogP contribution in [0.4, 0.5) is 0 Å². The molecule has 0 heterocycles. The maximum Gasteiger partial charge on any atom is 0.349 e. The third kappa shape index (κ3) is 4.69. The molecule has 1 N–H and O–H groups in total. The van der Waals surface area contributed by atoms with Crippen molar-refractivity contribution < 1.29 is 19.4 Å². The first-order valence-electron chi connectivity index (χ1n) is 6.37. The Hall–Kier alpha value is -2.19. The predicted octanol–water partition coefficient (Wildman–Crippen LogP) is 3.30. The molecule has 0 atom stereocenters. The van der Waals surface area contributed by atoms with Gasteiger partial charge in [-0.2, -0.15) is 5.26 Å². The first kappa shape index (κ1) is 16.9. The average molecular weight is 310 g/mol. The number of benzene rings is 1. The van der Waals surface area contributed by atoms with Crippen LogP contribution in [0.25, 0.3) is 6.08 Å². The number of hydrogen-bond acceptors (Lipinski definition) is 5. The number of nitrogens with zero attached hydrogens (tertiary/aromatic N) is 1. The summed E-state index contributed by atoms with van der Waals surface area (Å²) in [6.45, 7) is 5.49. The van der Waals surface area contributed by atoms with Crippen LogP contribution in [0.2, 0.25) is 5.02 Å². The second-order valence-corrected chi connectivity index (χ2v) is 4.81. The van der Waals surface area contributed by atoms with Crippen molar-refractivity contribution in [1.29, 1.82) is 5.26 Å². The van der Waals surface area contributed by atoms with E-state index < -0.39 is 5.97 Å². The molecule has 0 amide bonds. The van der Waals surface area contributed by atoms with E-state index in [-0.39, 0.29) is 28.2 Å². The second kappa shape index (κ2) is 7.55. The zero-order chi connectivity index (χ0) is 16.0. The zero-order valence-corrected chi connectivity index (χ0v) is 12.8. The lowest BCUT2D eigenvalue weighted by Crippen LogP contribution is -2.12. The van der Waals surface area contributed by atoms with E-state index in [9.17, 15) is 9.90 Å². The summed E-state index contributed by atoms with van der Waals surface area (Å²) >= 11 is 5.89. The minimum Gasteiger partial charge on any atom is -0.503 e. The topological polar surface area (TPSA) is 79.5 Å². The molecule has 0 saturated carbocycles. The van der Waals surface area contributed by atoms with Gasteiger partial charge in [0.05, 0.1) is 17.7 Å². The lowest BCUT2D eigenvalue weighted by molar-refractivity contribution is -0.142. The summed E-state index contributed by atoms with van der Waals surface area (Å²) in [7, 11) is 0. The van der Waals surface area contributed by atoms with Crippen LogP contribution in [0.15, 0.2) is 17.7 Å². The Labute approximate surface area is 128 Å². The maximum absolute atomic E-state index is 11.7. The van der Waals surface area contributed by atoms with Gasteiger partial charge in [-0.1, -0.05) is 11.6 Å². The molecule has 0 aliphatic heterocycles. The Morgan fingerprint density at radius 1 is 1.52 bits per heavy atom. The Balaban J connectivity index is 3.17. The van der Waals surface area contributed by atoms with Gasteiger partial charge in [0.2, 0.25) is 0 Å². The van der Waals surface area contributed by atoms with Crippen molar-refractivity contribution in [3.8, 4) is 17.6 Å². The highest BCUT2D eigenvalue weighted by Crippen LogP contribution is 2.35. The second-order valence-electron chi connectivity index (χ2n) is 4.41. The Morgan fingerprint density at radius 2 is 2.19 bits per heavy atom. The Bertz CT molecular complexity index is 602. The molecule has 0 fully saturated rings. The van der Waals surface area contributed by atoms with Crippen LogP contribution in [0.1, 0.15) is 26.3 Å². The predicted molar refractivity (Wildman–Crippen MR) is 79.1 cm³/mol. The number of halogens is 1. The number of carbonyl (C=O) groups is 1. The van der Waals surface area contributed by atoms with Gasteiger partial charge in [0.25, 0.3) is 0 Å². The van der Waals surface area contributed by atoms with Crippen molar-refractivity contribution in [1.82, 2.24) is 0 Å². The molecule has 5 nitrogen and oxygen atoms in total. The van der Waals surface area contributed by atoms with Crippen molar-refractivity contribution in [3.05, 3.63) is 28.3 Å². The van der Waals surface area contributed by atoms with Crippen LogP contribution in [0, 0.1) is 11.3 Å². The fourth-order valence-electron chi connectivity index (χ4n) is 1.52. The monoisotopic (exact) mass is 309 g/mol. The van der Waals surface area contributed by atoms with E-state index in [2.05, 4.69) is 0 Å². The van der Waals surface area contributed by atoms with Crippen LogP contribution in [-0.2, 0) is 9.53 Å². The molecule has 6 heteroatoms. The highest BCUT2D eigenvalue weighted by atomic mass is 35.5. The van der Waals surface area contributed by atoms with Gasteiger partial charge in [-0.05, 0) is 44.5 Å². The number of carbonyl (C=O) groups excluding carboxylic acids is 1. The van der Waals surface area contributed by atoms with Crippen molar-refractivity contribution in [2.75, 3.05) is 6.61 Å². The van der Waals surface area contributed by atoms with E-state index in [0.717, 1.165) is 0 Å². The quantitative estimate of drug-likeness (QED) is 0.513. The van der Waals surface area contributed by atoms with E-state index in [4.69, 9.17) is 26.3 Å². The fourth-order valence-corrected chi connectivity index (χ4v) is 1.74. The summed E-state index contributed by atoms with van der Waals surface area (Å²) in [4.78, 5) is 11.7. The first-order valence-corrected chi connectivity index (χ1v) is 6.74. The number of nitriles is 1. The van der Waals surface area contributed by atoms with E-state index in [1.807, 2.05) is 0 Å². The number of hydrogen-bond donors (Lipinski definition) is 1. The molecule has 1 aromatic rings. The molecule has 0 spiro atoms. The summed E-state index contributed by atoms with van der Waals surface area (Å²) in [5.74, 6) is -0.709. The minimum atomic E-state index is -0.713. The summed E-state index contributed by atoms with van der Waals surface area (Å²) in [6.07, 6.45) is 1.01. The number of phenolic OH excluding ortho intramolecular Hbond substituents is 1. The van der Waals surface area contributed by atoms with E-state index >= 15 is 0 Å². The van der Waals surface area contributed by atoms with Crippen molar-refractivity contribution >= 4 is 23.6 Å². The smallest absolute Gasteiger partial charge is 0.349 e. The van der Waals surface area contributed by atoms with Crippen LogP contribution in [0.5, 0.6) is 11.5 Å². The molecule has 112 valence electrons. The van der Waals surface area contributed by atoms with Gasteiger partial charge >= 0.3 is 5.97 Å². The van der Waals surface area contributed by atoms with Crippen LogP contribution >= 0.6 is 11.6 Å². The fraction of sp³-hybridized carbons (Fsp3) is 0.333. The molecule has 1 rings (SSSR count). The normalized spacial score (nSPS) is 11.1. The highest BCUT2D eigenvalue weighted by Gasteiger charge is 2.14. The molecule has 0 aromatic heterocycles. The van der Waals surface area contributed by atoms with Crippen LogP contribution < -0.4 is 4.74 Å². The number of phenols is 1. The number of esters is 1. The van der Waals surface area contributed by atoms with Gasteiger partial charge in [-0.3, -0.25) is 0 Å². The molecule has 1 aromatic carbocycles. The summed E-state index contributed by atoms with van der Waals surface area (Å²) < 4.78 is 10.2. The molecule has 0 saturated heterocycles. The molecule has 0 radical (unpaired) electrons. The highest BCUT2D eigenvalue weighted by molar-refractivity contribution is 6.32. The third-order valence-electron chi connectivity index (χ3n) is 2.34. The van der Waals surface area contributed by atoms with E-state index in [1.165, 1.54) is 18.2 Å². The molecule has 0 bridgehead atoms. The molecule has 21 heavy (non-hydrogen) atoms. The standard InChI is InChI=1S/C15H16ClNO4/c1-4-20-13-7-10(6-12(16)14(13)18)5-11(8-17)15(19)21-9(2)3/h5-7,9,18H,4H2,1-3H3. The molecule has 0 aliphatic rings. The van der Waals surface area contributed by atoms with Crippen molar-refractivity contribution in [2.24, 2.45) is 0 Å². The molecular weight excluding hydrogens is 294 g/mol. The van der Waals surface area contributed by atoms with Gasteiger partial charge in [0.15, 0.2) is 11.5 Å². The SMILES string of the molecule is CCOc1cc(C=C(C#N)C(=O)OC(C)C)cc(Cl)c1O. The lowest BCUT2D eigenvalue weighted by atomic mass is 10.1. The first-order chi connectivity index (χ1) is 9.88. The third-order valence-corrected chi connectivity index (χ3v) is 2.63. The minimum absolute atomic E-state index is 0.0710. The average Bonchev–Trinajstić information content (AvgIpc) is 2.40. The molecular formula is C15H16ClNO4. The van der Waals surface area contributed by atoms with Crippen molar-refractivity contribution in [2.45, 2.75) is 26.9 Å². The molecule has 0 unspecified atom stereocenters. The van der Waals surface area contributed by atoms with Gasteiger partial charge in [0.1, 0.15) is 11.6 Å². The number of aromatic hydroxyl groups is 1. The largest absolute Gasteiger partial charge is 0.503 e. The van der Waals surface area contributed by atoms with Crippen LogP contribution in [0.3, 0.4) is 0 Å². The Kier molecular flexibility index (Phi) is 6.07. The zero-order valence-electron chi connectivity index (χ0n) is 12.0. The number of rotatable bonds is 5. The number of ether oxygens (including phenoxy) is 2. The molecule has 0 aliphatic carbocycles. The van der Waals surface area contributed by atoms with Gasteiger partial charge < -0.3 is 14.6 Å². The summed E-state index contributed by atoms with van der Waals surface area (Å²) in [5.41, 5.74) is 0.298. The van der Waals surface area contributed by atoms with Gasteiger partial charge in [-0.15, -0.1) is 0 Å². The summed E-state index contributed by atoms with van der Waals surface area (Å²) in [5, 5.41) is 18.8. The maximum atomic E-state index is 11.7. The van der Waals surface area contributed by atoms with E-state index in [0.29, 0.717) is 12.2 Å². The van der Waals surface area contributed by atoms with Crippen molar-refractivity contribution in [3.63, 3.8) is 0 Å². The Morgan fingerprint density at radius 3 is 2.71 bits per heavy atom. The van der Waals surface area contributed by atoms with E-state index in [1.54, 1.807) is 26.8 Å². The van der Waals surface area contributed by atoms with Gasteiger partial charge in [-0.25, -0.2) is 4.79 Å². The van der Waals surface area contributed by atoms with Crippen LogP contribution in [-0.4, -0.2) is 23.8 Å². The summed E-state index contributed by atoms with van der Waals surface area (Å²) in [6, 6.07) is 4.70.